The highest BCUT2D eigenvalue weighted by Gasteiger charge is 2.36. The molecule has 0 aromatic rings. The van der Waals surface area contributed by atoms with Crippen LogP contribution in [0.2, 0.25) is 12.6 Å². The van der Waals surface area contributed by atoms with E-state index in [-0.39, 0.29) is 6.54 Å². The van der Waals surface area contributed by atoms with Crippen molar-refractivity contribution in [2.24, 2.45) is 5.73 Å². The summed E-state index contributed by atoms with van der Waals surface area (Å²) in [5.74, 6) is -0.960. The van der Waals surface area contributed by atoms with E-state index in [0.717, 1.165) is 0 Å². The zero-order valence-electron chi connectivity index (χ0n) is 8.12. The fourth-order valence-electron chi connectivity index (χ4n) is 0.752. The average Bonchev–Trinajstić information content (AvgIpc) is 2.02. The van der Waals surface area contributed by atoms with E-state index in [4.69, 9.17) is 14.6 Å². The third-order valence-electron chi connectivity index (χ3n) is 1.50. The largest absolute Gasteiger partial charge is 0.485 e. The van der Waals surface area contributed by atoms with Crippen LogP contribution in [0.15, 0.2) is 0 Å². The lowest BCUT2D eigenvalue weighted by atomic mass is 10.7. The number of nitrogens with two attached hydrogens (primary N) is 1. The molecule has 0 saturated heterocycles. The maximum atomic E-state index is 10.9. The molecule has 5 nitrogen and oxygen atoms in total. The zero-order chi connectivity index (χ0) is 10.5. The second kappa shape index (κ2) is 4.98. The molecule has 6 heteroatoms. The number of carbonyl (C=O) groups excluding carboxylic acids is 2. The van der Waals surface area contributed by atoms with Crippen LogP contribution in [0, 0.1) is 0 Å². The van der Waals surface area contributed by atoms with Gasteiger partial charge in [-0.05, 0) is 0 Å². The van der Waals surface area contributed by atoms with Gasteiger partial charge in [0.15, 0.2) is 0 Å². The average molecular weight is 205 g/mol. The van der Waals surface area contributed by atoms with Crippen molar-refractivity contribution in [3.8, 4) is 0 Å². The summed E-state index contributed by atoms with van der Waals surface area (Å²) in [5.41, 5.74) is 5.07. The monoisotopic (exact) mass is 205 g/mol. The van der Waals surface area contributed by atoms with Crippen molar-refractivity contribution in [2.75, 3.05) is 6.54 Å². The minimum Gasteiger partial charge on any atom is -0.485 e. The van der Waals surface area contributed by atoms with Gasteiger partial charge in [-0.3, -0.25) is 9.59 Å². The Morgan fingerprint density at radius 2 is 1.92 bits per heavy atom. The van der Waals surface area contributed by atoms with Crippen molar-refractivity contribution in [3.63, 3.8) is 0 Å². The molecule has 1 unspecified atom stereocenters. The maximum Gasteiger partial charge on any atom is 0.460 e. The van der Waals surface area contributed by atoms with Crippen LogP contribution in [0.4, 0.5) is 0 Å². The summed E-state index contributed by atoms with van der Waals surface area (Å²) in [4.78, 5) is 21.5. The van der Waals surface area contributed by atoms with Crippen molar-refractivity contribution in [3.05, 3.63) is 0 Å². The van der Waals surface area contributed by atoms with Crippen molar-refractivity contribution < 1.29 is 18.4 Å². The zero-order valence-corrected chi connectivity index (χ0v) is 9.12. The second-order valence-electron chi connectivity index (χ2n) is 2.76. The SMILES string of the molecule is CC[Si](C)(OC(C)=O)OC(=O)CN. The van der Waals surface area contributed by atoms with Gasteiger partial charge < -0.3 is 14.6 Å². The first-order chi connectivity index (χ1) is 5.93. The van der Waals surface area contributed by atoms with E-state index in [1.807, 2.05) is 0 Å². The summed E-state index contributed by atoms with van der Waals surface area (Å²) in [6, 6.07) is 0.526. The molecule has 0 fully saturated rings. The summed E-state index contributed by atoms with van der Waals surface area (Å²) in [5, 5.41) is 0. The third kappa shape index (κ3) is 4.64. The van der Waals surface area contributed by atoms with E-state index < -0.39 is 20.5 Å². The van der Waals surface area contributed by atoms with Crippen LogP contribution < -0.4 is 5.73 Å². The molecule has 0 aromatic heterocycles. The van der Waals surface area contributed by atoms with Crippen LogP contribution >= 0.6 is 0 Å². The topological polar surface area (TPSA) is 78.6 Å². The van der Waals surface area contributed by atoms with Crippen molar-refractivity contribution in [1.82, 2.24) is 0 Å². The molecule has 0 radical (unpaired) electrons. The molecule has 0 aliphatic carbocycles. The highest BCUT2D eigenvalue weighted by Crippen LogP contribution is 2.12. The van der Waals surface area contributed by atoms with Gasteiger partial charge in [0.25, 0.3) is 5.97 Å². The maximum absolute atomic E-state index is 10.9. The van der Waals surface area contributed by atoms with Crippen LogP contribution in [-0.2, 0) is 18.4 Å². The number of carbonyl (C=O) groups is 2. The quantitative estimate of drug-likeness (QED) is 0.661. The molecule has 0 spiro atoms. The molecule has 1 atom stereocenters. The summed E-state index contributed by atoms with van der Waals surface area (Å²) in [7, 11) is -2.65. The predicted molar refractivity (Wildman–Crippen MR) is 49.0 cm³/mol. The molecule has 0 amide bonds. The molecule has 76 valence electrons. The fraction of sp³-hybridized carbons (Fsp3) is 0.714. The van der Waals surface area contributed by atoms with Crippen molar-refractivity contribution in [2.45, 2.75) is 26.4 Å². The van der Waals surface area contributed by atoms with E-state index >= 15 is 0 Å². The smallest absolute Gasteiger partial charge is 0.460 e. The first kappa shape index (κ1) is 12.1. The second-order valence-corrected chi connectivity index (χ2v) is 6.14. The lowest BCUT2D eigenvalue weighted by Crippen LogP contribution is -2.43. The number of hydrogen-bond acceptors (Lipinski definition) is 5. The Hall–Kier alpha value is -0.883. The summed E-state index contributed by atoms with van der Waals surface area (Å²) < 4.78 is 9.94. The molecule has 0 bridgehead atoms. The Bertz CT molecular complexity index is 209. The molecule has 0 heterocycles. The lowest BCUT2D eigenvalue weighted by Gasteiger charge is -2.23. The van der Waals surface area contributed by atoms with E-state index in [1.54, 1.807) is 13.5 Å². The first-order valence-corrected chi connectivity index (χ1v) is 6.57. The van der Waals surface area contributed by atoms with Gasteiger partial charge in [0, 0.05) is 19.5 Å². The third-order valence-corrected chi connectivity index (χ3v) is 4.16. The summed E-state index contributed by atoms with van der Waals surface area (Å²) in [6.45, 7) is 4.56. The minimum absolute atomic E-state index is 0.191. The van der Waals surface area contributed by atoms with Gasteiger partial charge in [0.2, 0.25) is 0 Å². The van der Waals surface area contributed by atoms with Gasteiger partial charge in [-0.25, -0.2) is 0 Å². The Labute approximate surface area is 78.4 Å². The van der Waals surface area contributed by atoms with Gasteiger partial charge in [-0.15, -0.1) is 0 Å². The summed E-state index contributed by atoms with van der Waals surface area (Å²) in [6.07, 6.45) is 0. The van der Waals surface area contributed by atoms with Crippen LogP contribution in [0.1, 0.15) is 13.8 Å². The van der Waals surface area contributed by atoms with Gasteiger partial charge in [0.1, 0.15) is 0 Å². The van der Waals surface area contributed by atoms with Crippen LogP contribution in [0.5, 0.6) is 0 Å². The van der Waals surface area contributed by atoms with E-state index in [9.17, 15) is 9.59 Å². The van der Waals surface area contributed by atoms with Gasteiger partial charge >= 0.3 is 14.5 Å². The Morgan fingerprint density at radius 3 is 2.23 bits per heavy atom. The molecular weight excluding hydrogens is 190 g/mol. The molecule has 13 heavy (non-hydrogen) atoms. The standard InChI is InChI=1S/C7H15NO4Si/c1-4-13(3,11-6(2)9)12-7(10)5-8/h4-5,8H2,1-3H3. The summed E-state index contributed by atoms with van der Waals surface area (Å²) >= 11 is 0. The van der Waals surface area contributed by atoms with E-state index in [1.165, 1.54) is 6.92 Å². The van der Waals surface area contributed by atoms with Gasteiger partial charge in [-0.1, -0.05) is 6.92 Å². The fourth-order valence-corrected chi connectivity index (χ4v) is 2.26. The molecule has 0 aromatic carbocycles. The molecule has 0 aliphatic heterocycles. The van der Waals surface area contributed by atoms with Crippen LogP contribution in [0.3, 0.4) is 0 Å². The van der Waals surface area contributed by atoms with Gasteiger partial charge in [0.05, 0.1) is 6.54 Å². The van der Waals surface area contributed by atoms with Crippen LogP contribution in [0.25, 0.3) is 0 Å². The Morgan fingerprint density at radius 1 is 1.38 bits per heavy atom. The normalized spacial score (nSPS) is 14.5. The molecular formula is C7H15NO4Si. The predicted octanol–water partition coefficient (Wildman–Crippen LogP) is 0.143. The lowest BCUT2D eigenvalue weighted by molar-refractivity contribution is -0.139. The molecule has 0 aliphatic rings. The highest BCUT2D eigenvalue weighted by atomic mass is 28.4. The van der Waals surface area contributed by atoms with E-state index in [0.29, 0.717) is 6.04 Å². The van der Waals surface area contributed by atoms with Crippen molar-refractivity contribution >= 4 is 20.5 Å². The number of rotatable bonds is 4. The van der Waals surface area contributed by atoms with Crippen molar-refractivity contribution in [1.29, 1.82) is 0 Å². The molecule has 2 N–H and O–H groups in total. The Kier molecular flexibility index (Phi) is 4.64. The first-order valence-electron chi connectivity index (χ1n) is 4.05. The van der Waals surface area contributed by atoms with Crippen LogP contribution in [-0.4, -0.2) is 27.0 Å². The Balaban J connectivity index is 4.27. The highest BCUT2D eigenvalue weighted by molar-refractivity contribution is 6.69. The van der Waals surface area contributed by atoms with Gasteiger partial charge in [-0.2, -0.15) is 0 Å². The molecule has 0 rings (SSSR count). The number of hydrogen-bond donors (Lipinski definition) is 1. The minimum atomic E-state index is -2.65. The molecule has 0 saturated carbocycles. The van der Waals surface area contributed by atoms with E-state index in [2.05, 4.69) is 0 Å².